The molecule has 614 valence electrons. The number of nitrogens with one attached hydrogen (secondary N) is 5. The summed E-state index contributed by atoms with van der Waals surface area (Å²) >= 11 is 7.03. The van der Waals surface area contributed by atoms with E-state index in [1.165, 1.54) is 91.3 Å². The molecule has 10 heterocycles. The molecule has 41 heteroatoms. The molecule has 5 aromatic rings. The van der Waals surface area contributed by atoms with Gasteiger partial charge in [0.2, 0.25) is 11.8 Å². The minimum absolute atomic E-state index is 0.00275. The van der Waals surface area contributed by atoms with Gasteiger partial charge in [-0.05, 0) is 138 Å². The van der Waals surface area contributed by atoms with Crippen LogP contribution in [0.15, 0.2) is 164 Å². The molecule has 0 radical (unpaired) electrons. The van der Waals surface area contributed by atoms with Crippen molar-refractivity contribution in [2.45, 2.75) is 186 Å². The smallest absolute Gasteiger partial charge is 0.426 e. The first-order valence-electron chi connectivity index (χ1n) is 36.9. The molecule has 0 bridgehead atoms. The van der Waals surface area contributed by atoms with Crippen molar-refractivity contribution in [1.82, 2.24) is 26.6 Å². The minimum Gasteiger partial charge on any atom is -0.426 e. The lowest BCUT2D eigenvalue weighted by Gasteiger charge is -2.20. The Hall–Kier alpha value is -8.77. The van der Waals surface area contributed by atoms with Crippen LogP contribution in [0.25, 0.3) is 0 Å². The Morgan fingerprint density at radius 2 is 0.626 bits per heavy atom. The Kier molecular flexibility index (Phi) is 42.4. The van der Waals surface area contributed by atoms with E-state index in [2.05, 4.69) is 42.1 Å². The fourth-order valence-corrected chi connectivity index (χ4v) is 14.7. The van der Waals surface area contributed by atoms with Crippen LogP contribution < -0.4 is 26.6 Å². The van der Waals surface area contributed by atoms with Gasteiger partial charge in [0.25, 0.3) is 17.7 Å². The number of hydrogen-bond acceptors (Lipinski definition) is 31. The number of amides is 5. The fourth-order valence-electron chi connectivity index (χ4n) is 11.2. The van der Waals surface area contributed by atoms with Crippen LogP contribution in [0.4, 0.5) is 0 Å². The van der Waals surface area contributed by atoms with Crippen molar-refractivity contribution in [3.05, 3.63) is 173 Å². The van der Waals surface area contributed by atoms with E-state index in [1.807, 2.05) is 70.1 Å². The van der Waals surface area contributed by atoms with Gasteiger partial charge in [-0.2, -0.15) is 0 Å². The maximum absolute atomic E-state index is 12.6. The number of hydrogen-bond donors (Lipinski definition) is 11. The second-order valence-electron chi connectivity index (χ2n) is 26.4. The summed E-state index contributed by atoms with van der Waals surface area (Å²) < 4.78 is 27.1. The van der Waals surface area contributed by atoms with E-state index in [-0.39, 0.29) is 90.0 Å². The highest BCUT2D eigenvalue weighted by atomic mass is 32.1. The molecule has 0 aliphatic carbocycles. The van der Waals surface area contributed by atoms with Crippen LogP contribution in [-0.2, 0) is 93.7 Å². The zero-order valence-corrected chi connectivity index (χ0v) is 68.6. The van der Waals surface area contributed by atoms with Crippen LogP contribution >= 0.6 is 56.7 Å². The largest absolute Gasteiger partial charge is 0.478 e. The van der Waals surface area contributed by atoms with Gasteiger partial charge in [-0.25, -0.2) is 0 Å². The molecule has 10 rings (SSSR count). The zero-order chi connectivity index (χ0) is 83.8. The average molecular weight is 1680 g/mol. The van der Waals surface area contributed by atoms with Gasteiger partial charge in [0.05, 0.1) is 87.7 Å². The maximum Gasteiger partial charge on any atom is 0.478 e. The Morgan fingerprint density at radius 1 is 0.383 bits per heavy atom. The predicted octanol–water partition coefficient (Wildman–Crippen LogP) is 5.63. The first-order chi connectivity index (χ1) is 55.1. The predicted molar refractivity (Wildman–Crippen MR) is 443 cm³/mol. The molecule has 0 unspecified atom stereocenters. The topological polar surface area (TPSA) is 454 Å². The SMILES string of the molecule is CC(=O)C[C@@H]1C=CC[C@H](NC(=O)Cc2cccs2)B(O)O1.CC(=O)C[C@H]1C=CC[C@H](NC(=O)/C(=N\O)c2cccs2)B(O)O1.CC(=O)C[C@H]1C=CC[C@H](NC(=O)Cc2cccs2)B(O)O1.CCO/N=C(/C(=O)N[C@H]1CC=C[C@H](CC(C)=O)OB1O)c1cccs1.CCO/N=C(\C(=O)N[C@H]1CC=C[C@H](CC(C)=O)OB1O)c1cccs1. The van der Waals surface area contributed by atoms with Gasteiger partial charge in [-0.3, -0.25) is 47.9 Å². The second-order valence-corrected chi connectivity index (χ2v) is 31.3. The summed E-state index contributed by atoms with van der Waals surface area (Å²) in [6.07, 6.45) is 18.9. The molecule has 0 saturated heterocycles. The fraction of sp³-hybridized carbons (Fsp3) is 0.419. The van der Waals surface area contributed by atoms with Gasteiger partial charge in [0, 0.05) is 41.9 Å². The van der Waals surface area contributed by atoms with Gasteiger partial charge in [-0.15, -0.1) is 56.7 Å². The Morgan fingerprint density at radius 3 is 0.852 bits per heavy atom. The van der Waals surface area contributed by atoms with Crippen LogP contribution in [-0.4, -0.2) is 215 Å². The maximum atomic E-state index is 12.6. The number of thiophene rings is 5. The molecule has 115 heavy (non-hydrogen) atoms. The van der Waals surface area contributed by atoms with Gasteiger partial charge in [0.15, 0.2) is 17.1 Å². The molecule has 5 aromatic heterocycles. The molecule has 11 N–H and O–H groups in total. The third-order valence-electron chi connectivity index (χ3n) is 16.5. The van der Waals surface area contributed by atoms with Gasteiger partial charge in [0.1, 0.15) is 42.1 Å². The molecule has 31 nitrogen and oxygen atoms in total. The number of carbonyl (C=O) groups is 10. The average Bonchev–Trinajstić information content (AvgIpc) is 1.78. The number of rotatable bonds is 29. The molecule has 5 aliphatic heterocycles. The highest BCUT2D eigenvalue weighted by Gasteiger charge is 2.39. The van der Waals surface area contributed by atoms with E-state index < -0.39 is 114 Å². The first-order valence-corrected chi connectivity index (χ1v) is 41.3. The Labute approximate surface area is 688 Å². The molecule has 5 aliphatic rings. The van der Waals surface area contributed by atoms with Crippen LogP contribution in [0, 0.1) is 0 Å². The number of Topliss-reactive ketones (excluding diaryl/α,β-unsaturated/α-hetero) is 5. The van der Waals surface area contributed by atoms with Gasteiger partial charge >= 0.3 is 35.6 Å². The monoisotopic (exact) mass is 1680 g/mol. The molecule has 0 spiro atoms. The Balaban J connectivity index is 0.000000224. The first kappa shape index (κ1) is 95.1. The zero-order valence-electron chi connectivity index (χ0n) is 64.5. The summed E-state index contributed by atoms with van der Waals surface area (Å²) in [5, 5.41) is 93.2. The molecular weight excluding hydrogens is 1580 g/mol. The summed E-state index contributed by atoms with van der Waals surface area (Å²) in [6.45, 7) is 11.6. The van der Waals surface area contributed by atoms with E-state index in [9.17, 15) is 73.1 Å². The molecule has 5 amide bonds. The second kappa shape index (κ2) is 51.3. The summed E-state index contributed by atoms with van der Waals surface area (Å²) in [5.74, 6) is -4.93. The van der Waals surface area contributed by atoms with Crippen molar-refractivity contribution in [3.63, 3.8) is 0 Å². The van der Waals surface area contributed by atoms with Crippen molar-refractivity contribution < 1.29 is 111 Å². The van der Waals surface area contributed by atoms with Crippen molar-refractivity contribution in [2.75, 3.05) is 13.2 Å². The van der Waals surface area contributed by atoms with E-state index >= 15 is 0 Å². The van der Waals surface area contributed by atoms with E-state index in [1.54, 1.807) is 92.1 Å². The highest BCUT2D eigenvalue weighted by Crippen LogP contribution is 2.22. The quantitative estimate of drug-likeness (QED) is 0.00908. The molecule has 0 aromatic carbocycles. The lowest BCUT2D eigenvalue weighted by Crippen LogP contribution is -2.50. The Bertz CT molecular complexity index is 3950. The normalized spacial score (nSPS) is 21.5. The van der Waals surface area contributed by atoms with Crippen LogP contribution in [0.1, 0.15) is 137 Å². The van der Waals surface area contributed by atoms with E-state index in [0.29, 0.717) is 72.8 Å². The highest BCUT2D eigenvalue weighted by molar-refractivity contribution is 7.14. The number of ketones is 5. The number of oxime groups is 3. The third-order valence-corrected chi connectivity index (χ3v) is 20.9. The number of carbonyl (C=O) groups excluding carboxylic acids is 10. The molecule has 10 atom stereocenters. The van der Waals surface area contributed by atoms with Crippen LogP contribution in [0.5, 0.6) is 0 Å². The minimum atomic E-state index is -1.26. The number of nitrogens with zero attached hydrogens (tertiary/aromatic N) is 3. The third kappa shape index (κ3) is 35.3. The van der Waals surface area contributed by atoms with Crippen molar-refractivity contribution >= 4 is 168 Å². The lowest BCUT2D eigenvalue weighted by atomic mass is 9.77. The van der Waals surface area contributed by atoms with Gasteiger partial charge < -0.3 is 89.9 Å². The lowest BCUT2D eigenvalue weighted by molar-refractivity contribution is -0.121. The van der Waals surface area contributed by atoms with Crippen molar-refractivity contribution in [3.8, 4) is 0 Å². The molecule has 0 fully saturated rings. The van der Waals surface area contributed by atoms with E-state index in [4.69, 9.17) is 38.2 Å². The summed E-state index contributed by atoms with van der Waals surface area (Å²) in [5.41, 5.74) is 0.177. The summed E-state index contributed by atoms with van der Waals surface area (Å²) in [4.78, 5) is 131. The van der Waals surface area contributed by atoms with Crippen molar-refractivity contribution in [1.29, 1.82) is 0 Å². The van der Waals surface area contributed by atoms with E-state index in [0.717, 1.165) is 9.75 Å². The molecular formula is C74H95B5N8O23S5. The summed E-state index contributed by atoms with van der Waals surface area (Å²) in [7, 11) is -5.94. The molecule has 0 saturated carbocycles. The van der Waals surface area contributed by atoms with Gasteiger partial charge in [-0.1, -0.05) is 107 Å². The standard InChI is InChI=1S/2C16H21BN2O5S.C14H17BN2O5S.2C14H18BNO4S/c2*1-3-23-19-15(13-7-5-9-25-13)16(21)18-14-8-4-6-12(10-11(2)20)24-17(14)22;1-9(18)8-10-4-2-6-12(15(20)22-10)16-14(19)13(17-21)11-5-3-7-23-11;2*1-10(17)8-11-4-2-6-13(15(19)20-11)16-14(18)9-12-5-3-7-21-12/h2*4-7,9,12,14,22H,3,8,10H2,1-2H3,(H,18,21);2-5,7,10,12,20-21H,6,8H2,1H3,(H,16,19);2*2-5,7,11,13,19H,6,8-9H2,1H3,(H,16,18)/b19-15+;19-15-;17-13-;;/t2*12-,14+;10-,12+;11-,13+;11-,13-/m11110/s1. The summed E-state index contributed by atoms with van der Waals surface area (Å²) in [6, 6.07) is 18.1. The van der Waals surface area contributed by atoms with Crippen LogP contribution in [0.3, 0.4) is 0 Å². The van der Waals surface area contributed by atoms with Crippen molar-refractivity contribution in [2.24, 2.45) is 15.5 Å². The van der Waals surface area contributed by atoms with Crippen LogP contribution in [0.2, 0.25) is 0 Å².